The lowest BCUT2D eigenvalue weighted by atomic mass is 9.69. The third-order valence-corrected chi connectivity index (χ3v) is 5.44. The Labute approximate surface area is 96.8 Å². The number of hydrogen-bond donors (Lipinski definition) is 2. The summed E-state index contributed by atoms with van der Waals surface area (Å²) in [5.74, 6) is 0.663. The molecule has 1 saturated heterocycles. The minimum Gasteiger partial charge on any atom is -0.333 e. The van der Waals surface area contributed by atoms with Gasteiger partial charge in [-0.1, -0.05) is 20.8 Å². The molecule has 2 saturated carbocycles. The van der Waals surface area contributed by atoms with Gasteiger partial charge in [0, 0.05) is 0 Å². The largest absolute Gasteiger partial charge is 0.333 e. The molecule has 2 N–H and O–H groups in total. The summed E-state index contributed by atoms with van der Waals surface area (Å²) in [5.41, 5.74) is 0.657. The molecule has 2 amide bonds. The predicted molar refractivity (Wildman–Crippen MR) is 61.1 cm³/mol. The van der Waals surface area contributed by atoms with Crippen molar-refractivity contribution >= 4 is 18.4 Å². The minimum atomic E-state index is 0. The van der Waals surface area contributed by atoms with Crippen LogP contribution in [0.25, 0.3) is 0 Å². The minimum absolute atomic E-state index is 0. The van der Waals surface area contributed by atoms with Crippen molar-refractivity contribution in [1.82, 2.24) is 10.6 Å². The molecule has 0 spiro atoms. The summed E-state index contributed by atoms with van der Waals surface area (Å²) in [5, 5.41) is 6.17. The van der Waals surface area contributed by atoms with Crippen molar-refractivity contribution in [2.45, 2.75) is 45.7 Å². The lowest BCUT2D eigenvalue weighted by molar-refractivity contribution is 0.126. The van der Waals surface area contributed by atoms with E-state index in [9.17, 15) is 4.79 Å². The fraction of sp³-hybridized carbons (Fsp3) is 0.909. The van der Waals surface area contributed by atoms with Gasteiger partial charge in [0.1, 0.15) is 0 Å². The van der Waals surface area contributed by atoms with E-state index in [1.165, 1.54) is 12.8 Å². The molecule has 0 aromatic carbocycles. The Morgan fingerprint density at radius 3 is 2.53 bits per heavy atom. The van der Waals surface area contributed by atoms with Crippen molar-refractivity contribution in [3.63, 3.8) is 0 Å². The van der Waals surface area contributed by atoms with Gasteiger partial charge in [-0.3, -0.25) is 0 Å². The molecule has 1 aliphatic heterocycles. The van der Waals surface area contributed by atoms with E-state index in [1.807, 2.05) is 0 Å². The fourth-order valence-electron chi connectivity index (χ4n) is 4.14. The molecule has 0 aromatic rings. The zero-order valence-electron chi connectivity index (χ0n) is 9.46. The monoisotopic (exact) mass is 230 g/mol. The van der Waals surface area contributed by atoms with Gasteiger partial charge in [0.05, 0.1) is 12.1 Å². The topological polar surface area (TPSA) is 41.1 Å². The summed E-state index contributed by atoms with van der Waals surface area (Å²) in [6, 6.07) is 0.786. The zero-order chi connectivity index (χ0) is 10.1. The SMILES string of the molecule is CC1(C)C2CCC1(C)C1NC(=O)NC21.Cl. The number of carbonyl (C=O) groups is 1. The summed E-state index contributed by atoms with van der Waals surface area (Å²) in [6.07, 6.45) is 2.53. The zero-order valence-corrected chi connectivity index (χ0v) is 10.3. The lowest BCUT2D eigenvalue weighted by Crippen LogP contribution is -2.45. The first-order valence-corrected chi connectivity index (χ1v) is 5.54. The molecule has 3 nitrogen and oxygen atoms in total. The van der Waals surface area contributed by atoms with Crippen LogP contribution in [0.1, 0.15) is 33.6 Å². The van der Waals surface area contributed by atoms with Gasteiger partial charge in [0.2, 0.25) is 0 Å². The van der Waals surface area contributed by atoms with Crippen molar-refractivity contribution in [2.75, 3.05) is 0 Å². The Hall–Kier alpha value is -0.440. The van der Waals surface area contributed by atoms with Crippen molar-refractivity contribution in [3.8, 4) is 0 Å². The Balaban J connectivity index is 0.000000853. The highest BCUT2D eigenvalue weighted by Gasteiger charge is 2.68. The summed E-state index contributed by atoms with van der Waals surface area (Å²) in [7, 11) is 0. The van der Waals surface area contributed by atoms with E-state index in [2.05, 4.69) is 31.4 Å². The number of hydrogen-bond acceptors (Lipinski definition) is 1. The van der Waals surface area contributed by atoms with E-state index in [1.54, 1.807) is 0 Å². The molecule has 4 heteroatoms. The second kappa shape index (κ2) is 2.82. The second-order valence-corrected chi connectivity index (χ2v) is 5.91. The molecule has 15 heavy (non-hydrogen) atoms. The highest BCUT2D eigenvalue weighted by molar-refractivity contribution is 5.85. The van der Waals surface area contributed by atoms with Crippen LogP contribution in [-0.4, -0.2) is 18.1 Å². The van der Waals surface area contributed by atoms with Crippen LogP contribution in [0, 0.1) is 16.7 Å². The summed E-state index contributed by atoms with van der Waals surface area (Å²) >= 11 is 0. The molecule has 0 aromatic heterocycles. The summed E-state index contributed by atoms with van der Waals surface area (Å²) in [4.78, 5) is 11.3. The normalized spacial score (nSPS) is 49.3. The molecule has 2 aliphatic carbocycles. The van der Waals surface area contributed by atoms with Crippen LogP contribution in [0.2, 0.25) is 0 Å². The first kappa shape index (κ1) is 11.1. The second-order valence-electron chi connectivity index (χ2n) is 5.91. The van der Waals surface area contributed by atoms with Crippen molar-refractivity contribution in [2.24, 2.45) is 16.7 Å². The van der Waals surface area contributed by atoms with Gasteiger partial charge in [0.15, 0.2) is 0 Å². The van der Waals surface area contributed by atoms with Crippen LogP contribution in [0.5, 0.6) is 0 Å². The van der Waals surface area contributed by atoms with Crippen LogP contribution < -0.4 is 10.6 Å². The predicted octanol–water partition coefficient (Wildman–Crippen LogP) is 1.91. The smallest absolute Gasteiger partial charge is 0.315 e. The van der Waals surface area contributed by atoms with Crippen LogP contribution in [0.4, 0.5) is 4.79 Å². The quantitative estimate of drug-likeness (QED) is 0.656. The fourth-order valence-corrected chi connectivity index (χ4v) is 4.14. The van der Waals surface area contributed by atoms with Gasteiger partial charge in [-0.05, 0) is 29.6 Å². The van der Waals surface area contributed by atoms with Gasteiger partial charge >= 0.3 is 6.03 Å². The van der Waals surface area contributed by atoms with Gasteiger partial charge in [-0.15, -0.1) is 12.4 Å². The summed E-state index contributed by atoms with van der Waals surface area (Å²) < 4.78 is 0. The molecule has 3 fully saturated rings. The molecular formula is C11H19ClN2O. The van der Waals surface area contributed by atoms with Crippen molar-refractivity contribution < 1.29 is 4.79 Å². The van der Waals surface area contributed by atoms with Gasteiger partial charge < -0.3 is 10.6 Å². The van der Waals surface area contributed by atoms with Crippen molar-refractivity contribution in [1.29, 1.82) is 0 Å². The Morgan fingerprint density at radius 1 is 1.27 bits per heavy atom. The molecule has 1 heterocycles. The maximum atomic E-state index is 11.3. The van der Waals surface area contributed by atoms with Crippen LogP contribution in [-0.2, 0) is 0 Å². The van der Waals surface area contributed by atoms with Crippen LogP contribution in [0.15, 0.2) is 0 Å². The Kier molecular flexibility index (Phi) is 2.08. The van der Waals surface area contributed by atoms with Crippen molar-refractivity contribution in [3.05, 3.63) is 0 Å². The molecule has 3 rings (SSSR count). The average Bonchev–Trinajstić information content (AvgIpc) is 2.59. The molecule has 3 aliphatic rings. The Bertz CT molecular complexity index is 318. The number of amides is 2. The lowest BCUT2D eigenvalue weighted by Gasteiger charge is -2.38. The van der Waals surface area contributed by atoms with E-state index < -0.39 is 0 Å². The molecule has 86 valence electrons. The molecule has 0 radical (unpaired) electrons. The average molecular weight is 231 g/mol. The first-order chi connectivity index (χ1) is 6.47. The van der Waals surface area contributed by atoms with E-state index in [0.29, 0.717) is 28.8 Å². The van der Waals surface area contributed by atoms with E-state index in [4.69, 9.17) is 0 Å². The standard InChI is InChI=1S/C11H18N2O.ClH/c1-10(2)6-4-5-11(10,3)8-7(6)12-9(14)13-8;/h6-8H,4-5H2,1-3H3,(H2,12,13,14);1H. The van der Waals surface area contributed by atoms with Crippen LogP contribution in [0.3, 0.4) is 0 Å². The molecule has 4 unspecified atom stereocenters. The summed E-state index contributed by atoms with van der Waals surface area (Å²) in [6.45, 7) is 7.05. The maximum Gasteiger partial charge on any atom is 0.315 e. The van der Waals surface area contributed by atoms with Gasteiger partial charge in [-0.25, -0.2) is 4.79 Å². The maximum absolute atomic E-state index is 11.3. The third-order valence-electron chi connectivity index (χ3n) is 5.44. The van der Waals surface area contributed by atoms with E-state index >= 15 is 0 Å². The Morgan fingerprint density at radius 2 is 1.93 bits per heavy atom. The molecular weight excluding hydrogens is 212 g/mol. The van der Waals surface area contributed by atoms with E-state index in [-0.39, 0.29) is 18.4 Å². The third kappa shape index (κ3) is 1.00. The van der Waals surface area contributed by atoms with E-state index in [0.717, 1.165) is 0 Å². The first-order valence-electron chi connectivity index (χ1n) is 5.54. The van der Waals surface area contributed by atoms with Gasteiger partial charge in [0.25, 0.3) is 0 Å². The highest BCUT2D eigenvalue weighted by atomic mass is 35.5. The number of fused-ring (bicyclic) bond motifs is 5. The number of urea groups is 1. The molecule has 4 atom stereocenters. The number of rotatable bonds is 0. The van der Waals surface area contributed by atoms with Gasteiger partial charge in [-0.2, -0.15) is 0 Å². The van der Waals surface area contributed by atoms with Crippen LogP contribution >= 0.6 is 12.4 Å². The highest BCUT2D eigenvalue weighted by Crippen LogP contribution is 2.65. The number of carbonyl (C=O) groups excluding carboxylic acids is 1. The number of nitrogens with one attached hydrogen (secondary N) is 2. The number of halogens is 1. The molecule has 2 bridgehead atoms.